The van der Waals surface area contributed by atoms with Gasteiger partial charge in [0.2, 0.25) is 0 Å². The SMILES string of the molecule is O=Cc1ccc(OC(F)F)c(C(F)F)n1. The van der Waals surface area contributed by atoms with Gasteiger partial charge in [0.25, 0.3) is 6.43 Å². The van der Waals surface area contributed by atoms with Gasteiger partial charge >= 0.3 is 6.61 Å². The van der Waals surface area contributed by atoms with Crippen LogP contribution in [0.4, 0.5) is 17.6 Å². The number of carbonyl (C=O) groups is 1. The maximum Gasteiger partial charge on any atom is 0.387 e. The molecule has 1 rings (SSSR count). The van der Waals surface area contributed by atoms with E-state index in [-0.39, 0.29) is 12.0 Å². The molecule has 0 aromatic carbocycles. The van der Waals surface area contributed by atoms with Gasteiger partial charge in [-0.3, -0.25) is 4.79 Å². The third-order valence-electron chi connectivity index (χ3n) is 1.45. The number of halogens is 4. The van der Waals surface area contributed by atoms with Crippen LogP contribution in [0.3, 0.4) is 0 Å². The Labute approximate surface area is 81.7 Å². The molecule has 1 aromatic heterocycles. The van der Waals surface area contributed by atoms with Crippen LogP contribution < -0.4 is 4.74 Å². The lowest BCUT2D eigenvalue weighted by Crippen LogP contribution is -2.07. The molecular weight excluding hydrogens is 218 g/mol. The predicted octanol–water partition coefficient (Wildman–Crippen LogP) is 2.43. The molecule has 0 aliphatic carbocycles. The third kappa shape index (κ3) is 2.90. The van der Waals surface area contributed by atoms with Crippen LogP contribution in [0.15, 0.2) is 12.1 Å². The number of aromatic nitrogens is 1. The van der Waals surface area contributed by atoms with E-state index in [0.717, 1.165) is 12.1 Å². The van der Waals surface area contributed by atoms with Crippen molar-refractivity contribution >= 4 is 6.29 Å². The Bertz CT molecular complexity index is 356. The topological polar surface area (TPSA) is 39.2 Å². The standard InChI is InChI=1S/C8H5F4NO2/c9-7(10)6-5(15-8(11)12)2-1-4(3-14)13-6/h1-3,7-8H. The van der Waals surface area contributed by atoms with Crippen molar-refractivity contribution in [2.45, 2.75) is 13.0 Å². The van der Waals surface area contributed by atoms with E-state index in [4.69, 9.17) is 0 Å². The summed E-state index contributed by atoms with van der Waals surface area (Å²) in [6, 6.07) is 1.86. The maximum absolute atomic E-state index is 12.3. The van der Waals surface area contributed by atoms with E-state index >= 15 is 0 Å². The number of nitrogens with zero attached hydrogens (tertiary/aromatic N) is 1. The lowest BCUT2D eigenvalue weighted by atomic mass is 10.3. The van der Waals surface area contributed by atoms with Crippen LogP contribution in [-0.4, -0.2) is 17.9 Å². The summed E-state index contributed by atoms with van der Waals surface area (Å²) in [4.78, 5) is 13.4. The predicted molar refractivity (Wildman–Crippen MR) is 41.2 cm³/mol. The van der Waals surface area contributed by atoms with Gasteiger partial charge in [-0.2, -0.15) is 8.78 Å². The number of alkyl halides is 4. The number of ether oxygens (including phenoxy) is 1. The van der Waals surface area contributed by atoms with Crippen LogP contribution in [0.5, 0.6) is 5.75 Å². The average Bonchev–Trinajstić information content (AvgIpc) is 2.17. The van der Waals surface area contributed by atoms with E-state index < -0.39 is 24.5 Å². The van der Waals surface area contributed by atoms with E-state index in [1.165, 1.54) is 0 Å². The number of pyridine rings is 1. The smallest absolute Gasteiger partial charge is 0.387 e. The highest BCUT2D eigenvalue weighted by Gasteiger charge is 2.19. The fourth-order valence-corrected chi connectivity index (χ4v) is 0.896. The minimum Gasteiger partial charge on any atom is -0.433 e. The quantitative estimate of drug-likeness (QED) is 0.581. The van der Waals surface area contributed by atoms with E-state index in [1.54, 1.807) is 0 Å². The molecule has 0 saturated heterocycles. The van der Waals surface area contributed by atoms with Gasteiger partial charge in [0.1, 0.15) is 11.4 Å². The highest BCUT2D eigenvalue weighted by atomic mass is 19.3. The van der Waals surface area contributed by atoms with Crippen LogP contribution in [0, 0.1) is 0 Å². The Hall–Kier alpha value is -1.66. The molecule has 7 heteroatoms. The summed E-state index contributed by atoms with van der Waals surface area (Å²) in [6.07, 6.45) is -2.85. The lowest BCUT2D eigenvalue weighted by Gasteiger charge is -2.09. The number of carbonyl (C=O) groups excluding carboxylic acids is 1. The molecule has 0 unspecified atom stereocenters. The number of hydrogen-bond acceptors (Lipinski definition) is 3. The molecular formula is C8H5F4NO2. The summed E-state index contributed by atoms with van der Waals surface area (Å²) in [7, 11) is 0. The number of rotatable bonds is 4. The van der Waals surface area contributed by atoms with Gasteiger partial charge in [-0.1, -0.05) is 0 Å². The van der Waals surface area contributed by atoms with Crippen molar-refractivity contribution in [3.63, 3.8) is 0 Å². The van der Waals surface area contributed by atoms with E-state index in [2.05, 4.69) is 9.72 Å². The van der Waals surface area contributed by atoms with Gasteiger partial charge in [-0.15, -0.1) is 0 Å². The molecule has 0 atom stereocenters. The minimum atomic E-state index is -3.22. The fraction of sp³-hybridized carbons (Fsp3) is 0.250. The molecule has 0 aliphatic rings. The zero-order valence-corrected chi connectivity index (χ0v) is 7.16. The lowest BCUT2D eigenvalue weighted by molar-refractivity contribution is -0.0524. The van der Waals surface area contributed by atoms with E-state index in [9.17, 15) is 22.4 Å². The molecule has 82 valence electrons. The summed E-state index contributed by atoms with van der Waals surface area (Å²) in [5.74, 6) is -0.731. The largest absolute Gasteiger partial charge is 0.433 e. The molecule has 0 fully saturated rings. The Morgan fingerprint density at radius 1 is 1.27 bits per heavy atom. The van der Waals surface area contributed by atoms with Gasteiger partial charge < -0.3 is 4.74 Å². The summed E-state index contributed by atoms with van der Waals surface area (Å²) >= 11 is 0. The minimum absolute atomic E-state index is 0.234. The Morgan fingerprint density at radius 2 is 1.93 bits per heavy atom. The van der Waals surface area contributed by atoms with Crippen molar-refractivity contribution in [1.82, 2.24) is 4.98 Å². The van der Waals surface area contributed by atoms with E-state index in [1.807, 2.05) is 0 Å². The normalized spacial score (nSPS) is 10.8. The van der Waals surface area contributed by atoms with Crippen molar-refractivity contribution in [2.24, 2.45) is 0 Å². The molecule has 0 N–H and O–H groups in total. The van der Waals surface area contributed by atoms with Crippen LogP contribution in [-0.2, 0) is 0 Å². The third-order valence-corrected chi connectivity index (χ3v) is 1.45. The molecule has 0 aliphatic heterocycles. The zero-order chi connectivity index (χ0) is 11.4. The Morgan fingerprint density at radius 3 is 2.40 bits per heavy atom. The molecule has 0 radical (unpaired) electrons. The van der Waals surface area contributed by atoms with E-state index in [0.29, 0.717) is 0 Å². The van der Waals surface area contributed by atoms with Crippen LogP contribution in [0.25, 0.3) is 0 Å². The molecule has 0 saturated carbocycles. The molecule has 0 bridgehead atoms. The van der Waals surface area contributed by atoms with Crippen molar-refractivity contribution in [2.75, 3.05) is 0 Å². The van der Waals surface area contributed by atoms with Crippen molar-refractivity contribution < 1.29 is 27.1 Å². The van der Waals surface area contributed by atoms with Gasteiger partial charge in [-0.05, 0) is 12.1 Å². The Kier molecular flexibility index (Phi) is 3.59. The zero-order valence-electron chi connectivity index (χ0n) is 7.16. The van der Waals surface area contributed by atoms with Gasteiger partial charge in [0, 0.05) is 0 Å². The monoisotopic (exact) mass is 223 g/mol. The molecule has 15 heavy (non-hydrogen) atoms. The first kappa shape index (κ1) is 11.4. The van der Waals surface area contributed by atoms with Crippen molar-refractivity contribution in [3.05, 3.63) is 23.5 Å². The molecule has 3 nitrogen and oxygen atoms in total. The number of hydrogen-bond donors (Lipinski definition) is 0. The second-order valence-corrected chi connectivity index (χ2v) is 2.42. The molecule has 1 heterocycles. The van der Waals surface area contributed by atoms with Crippen LogP contribution in [0.1, 0.15) is 22.6 Å². The summed E-state index contributed by atoms with van der Waals surface area (Å²) in [6.45, 7) is -3.22. The molecule has 0 amide bonds. The van der Waals surface area contributed by atoms with Crippen molar-refractivity contribution in [1.29, 1.82) is 0 Å². The molecule has 1 aromatic rings. The average molecular weight is 223 g/mol. The first-order valence-corrected chi connectivity index (χ1v) is 3.73. The van der Waals surface area contributed by atoms with Gasteiger partial charge in [0.05, 0.1) is 0 Å². The summed E-state index contributed by atoms with van der Waals surface area (Å²) < 4.78 is 52.0. The fourth-order valence-electron chi connectivity index (χ4n) is 0.896. The first-order chi connectivity index (χ1) is 7.04. The maximum atomic E-state index is 12.3. The highest BCUT2D eigenvalue weighted by Crippen LogP contribution is 2.28. The summed E-state index contributed by atoms with van der Waals surface area (Å²) in [5, 5.41) is 0. The first-order valence-electron chi connectivity index (χ1n) is 3.73. The van der Waals surface area contributed by atoms with Crippen LogP contribution >= 0.6 is 0 Å². The second kappa shape index (κ2) is 4.72. The number of aldehydes is 1. The van der Waals surface area contributed by atoms with Crippen LogP contribution in [0.2, 0.25) is 0 Å². The van der Waals surface area contributed by atoms with Crippen molar-refractivity contribution in [3.8, 4) is 5.75 Å². The highest BCUT2D eigenvalue weighted by molar-refractivity contribution is 5.72. The molecule has 0 spiro atoms. The summed E-state index contributed by atoms with van der Waals surface area (Å²) in [5.41, 5.74) is -1.24. The Balaban J connectivity index is 3.09. The second-order valence-electron chi connectivity index (χ2n) is 2.42. The van der Waals surface area contributed by atoms with Gasteiger partial charge in [0.15, 0.2) is 12.0 Å². The van der Waals surface area contributed by atoms with Gasteiger partial charge in [-0.25, -0.2) is 13.8 Å².